The Kier molecular flexibility index (Phi) is 4.90. The molecule has 0 radical (unpaired) electrons. The normalized spacial score (nSPS) is 12.4. The van der Waals surface area contributed by atoms with Crippen molar-refractivity contribution in [2.75, 3.05) is 5.73 Å². The summed E-state index contributed by atoms with van der Waals surface area (Å²) in [6.07, 6.45) is 0. The van der Waals surface area contributed by atoms with Crippen molar-refractivity contribution in [3.8, 4) is 0 Å². The van der Waals surface area contributed by atoms with Gasteiger partial charge in [-0.3, -0.25) is 4.21 Å². The van der Waals surface area contributed by atoms with Crippen LogP contribution >= 0.6 is 39.1 Å². The molecule has 0 spiro atoms. The minimum absolute atomic E-state index is 0.307. The first-order valence-corrected chi connectivity index (χ1v) is 8.22. The molecular formula is C13H10BrCl2NOS. The molecule has 0 fully saturated rings. The molecule has 0 heterocycles. The molecule has 2 rings (SSSR count). The van der Waals surface area contributed by atoms with Crippen LogP contribution in [0.25, 0.3) is 0 Å². The van der Waals surface area contributed by atoms with Crippen molar-refractivity contribution in [2.24, 2.45) is 0 Å². The summed E-state index contributed by atoms with van der Waals surface area (Å²) in [6, 6.07) is 10.5. The average molecular weight is 379 g/mol. The third kappa shape index (κ3) is 3.51. The molecule has 2 aromatic rings. The van der Waals surface area contributed by atoms with Gasteiger partial charge in [0.1, 0.15) is 0 Å². The van der Waals surface area contributed by atoms with Crippen LogP contribution in [0.4, 0.5) is 5.69 Å². The van der Waals surface area contributed by atoms with Crippen molar-refractivity contribution < 1.29 is 4.21 Å². The molecule has 0 aliphatic heterocycles. The zero-order valence-electron chi connectivity index (χ0n) is 9.70. The Morgan fingerprint density at radius 1 is 1.21 bits per heavy atom. The van der Waals surface area contributed by atoms with Crippen molar-refractivity contribution in [3.05, 3.63) is 56.5 Å². The van der Waals surface area contributed by atoms with Crippen LogP contribution < -0.4 is 5.73 Å². The largest absolute Gasteiger partial charge is 0.399 e. The second kappa shape index (κ2) is 6.27. The number of anilines is 1. The van der Waals surface area contributed by atoms with Gasteiger partial charge in [0.15, 0.2) is 0 Å². The average Bonchev–Trinajstić information content (AvgIpc) is 2.34. The van der Waals surface area contributed by atoms with Crippen LogP contribution in [0.15, 0.2) is 45.8 Å². The van der Waals surface area contributed by atoms with E-state index >= 15 is 0 Å². The Hall–Kier alpha value is -0.550. The van der Waals surface area contributed by atoms with E-state index in [0.717, 1.165) is 10.0 Å². The molecule has 0 aliphatic rings. The van der Waals surface area contributed by atoms with Crippen molar-refractivity contribution in [1.29, 1.82) is 0 Å². The van der Waals surface area contributed by atoms with E-state index in [4.69, 9.17) is 28.9 Å². The summed E-state index contributed by atoms with van der Waals surface area (Å²) < 4.78 is 13.1. The number of rotatable bonds is 3. The molecule has 0 bridgehead atoms. The molecule has 0 amide bonds. The quantitative estimate of drug-likeness (QED) is 0.790. The Bertz CT molecular complexity index is 649. The van der Waals surface area contributed by atoms with Gasteiger partial charge in [-0.05, 0) is 45.8 Å². The Balaban J connectivity index is 2.28. The van der Waals surface area contributed by atoms with Gasteiger partial charge in [-0.1, -0.05) is 35.3 Å². The van der Waals surface area contributed by atoms with Crippen molar-refractivity contribution in [3.63, 3.8) is 0 Å². The highest BCUT2D eigenvalue weighted by atomic mass is 79.9. The fourth-order valence-corrected chi connectivity index (χ4v) is 4.16. The summed E-state index contributed by atoms with van der Waals surface area (Å²) >= 11 is 15.4. The van der Waals surface area contributed by atoms with E-state index < -0.39 is 10.8 Å². The summed E-state index contributed by atoms with van der Waals surface area (Å²) in [5.74, 6) is 0.307. The van der Waals surface area contributed by atoms with E-state index in [2.05, 4.69) is 15.9 Å². The minimum atomic E-state index is -1.22. The zero-order chi connectivity index (χ0) is 14.0. The van der Waals surface area contributed by atoms with Gasteiger partial charge >= 0.3 is 0 Å². The number of hydrogen-bond donors (Lipinski definition) is 1. The van der Waals surface area contributed by atoms with E-state index in [0.29, 0.717) is 26.4 Å². The van der Waals surface area contributed by atoms with Gasteiger partial charge in [-0.15, -0.1) is 0 Å². The molecular weight excluding hydrogens is 369 g/mol. The highest BCUT2D eigenvalue weighted by Crippen LogP contribution is 2.29. The van der Waals surface area contributed by atoms with Gasteiger partial charge in [-0.25, -0.2) is 0 Å². The van der Waals surface area contributed by atoms with Gasteiger partial charge in [0.05, 0.1) is 31.5 Å². The zero-order valence-corrected chi connectivity index (χ0v) is 13.6. The smallest absolute Gasteiger partial charge is 0.0633 e. The maximum atomic E-state index is 12.3. The Labute approximate surface area is 132 Å². The first kappa shape index (κ1) is 14.9. The fraction of sp³-hybridized carbons (Fsp3) is 0.0769. The lowest BCUT2D eigenvalue weighted by Crippen LogP contribution is -1.99. The summed E-state index contributed by atoms with van der Waals surface area (Å²) in [5.41, 5.74) is 7.04. The molecule has 1 unspecified atom stereocenters. The third-order valence-electron chi connectivity index (χ3n) is 2.52. The predicted molar refractivity (Wildman–Crippen MR) is 85.1 cm³/mol. The summed E-state index contributed by atoms with van der Waals surface area (Å²) in [7, 11) is -1.22. The molecule has 6 heteroatoms. The highest BCUT2D eigenvalue weighted by molar-refractivity contribution is 9.10. The predicted octanol–water partition coefficient (Wildman–Crippen LogP) is 4.65. The first-order chi connectivity index (χ1) is 8.99. The molecule has 19 heavy (non-hydrogen) atoms. The van der Waals surface area contributed by atoms with Crippen molar-refractivity contribution >= 4 is 55.6 Å². The monoisotopic (exact) mass is 377 g/mol. The molecule has 100 valence electrons. The number of hydrogen-bond acceptors (Lipinski definition) is 2. The molecule has 2 nitrogen and oxygen atoms in total. The van der Waals surface area contributed by atoms with Gasteiger partial charge in [0.2, 0.25) is 0 Å². The molecule has 0 saturated carbocycles. The van der Waals surface area contributed by atoms with Gasteiger partial charge in [0, 0.05) is 10.2 Å². The maximum Gasteiger partial charge on any atom is 0.0633 e. The minimum Gasteiger partial charge on any atom is -0.399 e. The second-order valence-electron chi connectivity index (χ2n) is 3.89. The number of nitrogen functional groups attached to an aromatic ring is 1. The highest BCUT2D eigenvalue weighted by Gasteiger charge is 2.12. The maximum absolute atomic E-state index is 12.3. The van der Waals surface area contributed by atoms with Crippen LogP contribution in [-0.4, -0.2) is 4.21 Å². The molecule has 0 aromatic heterocycles. The van der Waals surface area contributed by atoms with Crippen molar-refractivity contribution in [1.82, 2.24) is 0 Å². The SMILES string of the molecule is Nc1ccc(S(=O)Cc2cccc(Cl)c2Cl)c(Br)c1. The lowest BCUT2D eigenvalue weighted by atomic mass is 10.2. The van der Waals surface area contributed by atoms with Crippen LogP contribution in [0.2, 0.25) is 10.0 Å². The summed E-state index contributed by atoms with van der Waals surface area (Å²) in [4.78, 5) is 0.685. The molecule has 0 aliphatic carbocycles. The fourth-order valence-electron chi connectivity index (χ4n) is 1.58. The van der Waals surface area contributed by atoms with Crippen molar-refractivity contribution in [2.45, 2.75) is 10.6 Å². The topological polar surface area (TPSA) is 43.1 Å². The molecule has 0 saturated heterocycles. The third-order valence-corrected chi connectivity index (χ3v) is 5.72. The number of benzene rings is 2. The first-order valence-electron chi connectivity index (χ1n) is 5.35. The van der Waals surface area contributed by atoms with Crippen LogP contribution in [-0.2, 0) is 16.6 Å². The lowest BCUT2D eigenvalue weighted by Gasteiger charge is -2.08. The van der Waals surface area contributed by atoms with Gasteiger partial charge in [0.25, 0.3) is 0 Å². The van der Waals surface area contributed by atoms with Gasteiger partial charge in [-0.2, -0.15) is 0 Å². The summed E-state index contributed by atoms with van der Waals surface area (Å²) in [5, 5.41) is 0.914. The van der Waals surface area contributed by atoms with E-state index in [1.807, 2.05) is 6.07 Å². The van der Waals surface area contributed by atoms with Crippen LogP contribution in [0, 0.1) is 0 Å². The molecule has 1 atom stereocenters. The number of nitrogens with two attached hydrogens (primary N) is 1. The second-order valence-corrected chi connectivity index (χ2v) is 6.95. The van der Waals surface area contributed by atoms with Crippen LogP contribution in [0.3, 0.4) is 0 Å². The van der Waals surface area contributed by atoms with E-state index in [-0.39, 0.29) is 0 Å². The van der Waals surface area contributed by atoms with E-state index in [9.17, 15) is 4.21 Å². The van der Waals surface area contributed by atoms with E-state index in [1.54, 1.807) is 30.3 Å². The standard InChI is InChI=1S/C13H10BrCl2NOS/c14-10-6-9(17)4-5-12(10)19(18)7-8-2-1-3-11(15)13(8)16/h1-6H,7,17H2. The van der Waals surface area contributed by atoms with Crippen LogP contribution in [0.1, 0.15) is 5.56 Å². The lowest BCUT2D eigenvalue weighted by molar-refractivity contribution is 0.682. The molecule has 2 aromatic carbocycles. The molecule has 2 N–H and O–H groups in total. The Morgan fingerprint density at radius 3 is 2.63 bits per heavy atom. The van der Waals surface area contributed by atoms with Crippen LogP contribution in [0.5, 0.6) is 0 Å². The summed E-state index contributed by atoms with van der Waals surface area (Å²) in [6.45, 7) is 0. The number of halogens is 3. The van der Waals surface area contributed by atoms with E-state index in [1.165, 1.54) is 0 Å². The Morgan fingerprint density at radius 2 is 1.95 bits per heavy atom. The van der Waals surface area contributed by atoms with Gasteiger partial charge < -0.3 is 5.73 Å².